The zero-order valence-corrected chi connectivity index (χ0v) is 11.9. The highest BCUT2D eigenvalue weighted by Gasteiger charge is 2.36. The first kappa shape index (κ1) is 15.8. The highest BCUT2D eigenvalue weighted by molar-refractivity contribution is 7.80. The van der Waals surface area contributed by atoms with E-state index in [2.05, 4.69) is 5.32 Å². The van der Waals surface area contributed by atoms with Crippen molar-refractivity contribution in [3.8, 4) is 0 Å². The van der Waals surface area contributed by atoms with E-state index in [-0.39, 0.29) is 17.5 Å². The van der Waals surface area contributed by atoms with Crippen LogP contribution < -0.4 is 11.1 Å². The van der Waals surface area contributed by atoms with E-state index in [9.17, 15) is 18.0 Å². The molecule has 1 amide bonds. The van der Waals surface area contributed by atoms with Gasteiger partial charge in [0, 0.05) is 12.0 Å². The van der Waals surface area contributed by atoms with E-state index in [1.54, 1.807) is 0 Å². The predicted octanol–water partition coefficient (Wildman–Crippen LogP) is 2.89. The Labute approximate surface area is 125 Å². The SMILES string of the molecule is NC(=S)C1CCCC1NC(=O)c1ccccc1C(F)(F)F. The molecule has 1 aromatic carbocycles. The quantitative estimate of drug-likeness (QED) is 0.843. The number of thiocarbonyl (C=S) groups is 1. The van der Waals surface area contributed by atoms with Gasteiger partial charge >= 0.3 is 6.18 Å². The van der Waals surface area contributed by atoms with Crippen LogP contribution >= 0.6 is 12.2 Å². The van der Waals surface area contributed by atoms with Gasteiger partial charge in [0.2, 0.25) is 0 Å². The molecule has 1 aliphatic rings. The van der Waals surface area contributed by atoms with Crippen LogP contribution in [-0.4, -0.2) is 16.9 Å². The topological polar surface area (TPSA) is 55.1 Å². The third kappa shape index (κ3) is 3.53. The Morgan fingerprint density at radius 3 is 2.57 bits per heavy atom. The van der Waals surface area contributed by atoms with Gasteiger partial charge in [0.25, 0.3) is 5.91 Å². The summed E-state index contributed by atoms with van der Waals surface area (Å²) in [5.74, 6) is -0.891. The van der Waals surface area contributed by atoms with Crippen LogP contribution in [0.15, 0.2) is 24.3 Å². The third-order valence-corrected chi connectivity index (χ3v) is 3.98. The van der Waals surface area contributed by atoms with Crippen LogP contribution in [0.25, 0.3) is 0 Å². The lowest BCUT2D eigenvalue weighted by Crippen LogP contribution is -2.42. The lowest BCUT2D eigenvalue weighted by molar-refractivity contribution is -0.137. The fourth-order valence-corrected chi connectivity index (χ4v) is 2.93. The number of hydrogen-bond donors (Lipinski definition) is 2. The molecule has 2 unspecified atom stereocenters. The second kappa shape index (κ2) is 6.01. The molecule has 2 atom stereocenters. The number of benzene rings is 1. The molecule has 0 bridgehead atoms. The molecule has 114 valence electrons. The number of amides is 1. The highest BCUT2D eigenvalue weighted by Crippen LogP contribution is 2.32. The molecule has 1 saturated carbocycles. The normalized spacial score (nSPS) is 22.0. The van der Waals surface area contributed by atoms with Gasteiger partial charge in [-0.05, 0) is 25.0 Å². The van der Waals surface area contributed by atoms with Crippen molar-refractivity contribution in [3.63, 3.8) is 0 Å². The average molecular weight is 316 g/mol. The van der Waals surface area contributed by atoms with Gasteiger partial charge in [-0.25, -0.2) is 0 Å². The summed E-state index contributed by atoms with van der Waals surface area (Å²) in [5, 5.41) is 2.63. The molecule has 0 saturated heterocycles. The van der Waals surface area contributed by atoms with Crippen molar-refractivity contribution in [3.05, 3.63) is 35.4 Å². The van der Waals surface area contributed by atoms with Crippen molar-refractivity contribution < 1.29 is 18.0 Å². The molecule has 0 aliphatic heterocycles. The first-order chi connectivity index (χ1) is 9.80. The maximum atomic E-state index is 12.9. The van der Waals surface area contributed by atoms with Crippen LogP contribution in [0.3, 0.4) is 0 Å². The maximum absolute atomic E-state index is 12.9. The van der Waals surface area contributed by atoms with Gasteiger partial charge in [0.1, 0.15) is 0 Å². The van der Waals surface area contributed by atoms with Gasteiger partial charge < -0.3 is 11.1 Å². The summed E-state index contributed by atoms with van der Waals surface area (Å²) in [5.41, 5.74) is 4.29. The fourth-order valence-electron chi connectivity index (χ4n) is 2.65. The van der Waals surface area contributed by atoms with Crippen molar-refractivity contribution >= 4 is 23.1 Å². The molecule has 7 heteroatoms. The molecule has 0 aromatic heterocycles. The summed E-state index contributed by atoms with van der Waals surface area (Å²) in [6, 6.07) is 4.44. The van der Waals surface area contributed by atoms with E-state index < -0.39 is 17.6 Å². The van der Waals surface area contributed by atoms with Gasteiger partial charge in [-0.1, -0.05) is 30.8 Å². The van der Waals surface area contributed by atoms with Gasteiger partial charge in [0.05, 0.1) is 16.1 Å². The van der Waals surface area contributed by atoms with Crippen LogP contribution in [0, 0.1) is 5.92 Å². The highest BCUT2D eigenvalue weighted by atomic mass is 32.1. The van der Waals surface area contributed by atoms with Crippen molar-refractivity contribution in [2.24, 2.45) is 11.7 Å². The van der Waals surface area contributed by atoms with E-state index in [4.69, 9.17) is 18.0 Å². The fraction of sp³-hybridized carbons (Fsp3) is 0.429. The van der Waals surface area contributed by atoms with Crippen molar-refractivity contribution in [2.45, 2.75) is 31.5 Å². The van der Waals surface area contributed by atoms with E-state index >= 15 is 0 Å². The van der Waals surface area contributed by atoms with Crippen LogP contribution in [-0.2, 0) is 6.18 Å². The number of hydrogen-bond acceptors (Lipinski definition) is 2. The first-order valence-electron chi connectivity index (χ1n) is 6.57. The molecule has 0 heterocycles. The molecular weight excluding hydrogens is 301 g/mol. The van der Waals surface area contributed by atoms with Gasteiger partial charge in [-0.3, -0.25) is 4.79 Å². The number of rotatable bonds is 3. The molecule has 0 spiro atoms. The molecule has 3 N–H and O–H groups in total. The molecular formula is C14H15F3N2OS. The number of nitrogens with one attached hydrogen (secondary N) is 1. The van der Waals surface area contributed by atoms with Crippen LogP contribution in [0.4, 0.5) is 13.2 Å². The standard InChI is InChI=1S/C14H15F3N2OS/c15-14(16,17)10-6-2-1-4-8(10)13(20)19-11-7-3-5-9(11)12(18)21/h1-2,4,6,9,11H,3,5,7H2,(H2,18,21)(H,19,20). The Morgan fingerprint density at radius 1 is 1.29 bits per heavy atom. The minimum atomic E-state index is -4.56. The predicted molar refractivity (Wildman–Crippen MR) is 76.8 cm³/mol. The third-order valence-electron chi connectivity index (χ3n) is 3.67. The van der Waals surface area contributed by atoms with E-state index in [0.29, 0.717) is 11.4 Å². The molecule has 21 heavy (non-hydrogen) atoms. The summed E-state index contributed by atoms with van der Waals surface area (Å²) < 4.78 is 38.7. The zero-order chi connectivity index (χ0) is 15.6. The van der Waals surface area contributed by atoms with Gasteiger partial charge in [0.15, 0.2) is 0 Å². The Hall–Kier alpha value is -1.63. The van der Waals surface area contributed by atoms with E-state index in [1.807, 2.05) is 0 Å². The van der Waals surface area contributed by atoms with E-state index in [0.717, 1.165) is 18.9 Å². The minimum absolute atomic E-state index is 0.151. The number of carbonyl (C=O) groups is 1. The van der Waals surface area contributed by atoms with Crippen LogP contribution in [0.5, 0.6) is 0 Å². The lowest BCUT2D eigenvalue weighted by Gasteiger charge is -2.21. The minimum Gasteiger partial charge on any atom is -0.393 e. The maximum Gasteiger partial charge on any atom is 0.417 e. The Bertz CT molecular complexity index is 559. The summed E-state index contributed by atoms with van der Waals surface area (Å²) in [4.78, 5) is 12.4. The van der Waals surface area contributed by atoms with Gasteiger partial charge in [-0.15, -0.1) is 0 Å². The van der Waals surface area contributed by atoms with E-state index in [1.165, 1.54) is 18.2 Å². The number of alkyl halides is 3. The smallest absolute Gasteiger partial charge is 0.393 e. The molecule has 0 radical (unpaired) electrons. The van der Waals surface area contributed by atoms with Crippen LogP contribution in [0.1, 0.15) is 35.2 Å². The number of carbonyl (C=O) groups excluding carboxylic acids is 1. The van der Waals surface area contributed by atoms with Crippen molar-refractivity contribution in [1.29, 1.82) is 0 Å². The first-order valence-corrected chi connectivity index (χ1v) is 6.98. The molecule has 1 aliphatic carbocycles. The Kier molecular flexibility index (Phi) is 4.51. The largest absolute Gasteiger partial charge is 0.417 e. The second-order valence-corrected chi connectivity index (χ2v) is 5.53. The molecule has 3 nitrogen and oxygen atoms in total. The monoisotopic (exact) mass is 316 g/mol. The van der Waals surface area contributed by atoms with Gasteiger partial charge in [-0.2, -0.15) is 13.2 Å². The Balaban J connectivity index is 2.20. The summed E-state index contributed by atoms with van der Waals surface area (Å²) in [6.07, 6.45) is -2.30. The molecule has 1 fully saturated rings. The number of halogens is 3. The van der Waals surface area contributed by atoms with Crippen LogP contribution in [0.2, 0.25) is 0 Å². The number of nitrogens with two attached hydrogens (primary N) is 1. The lowest BCUT2D eigenvalue weighted by atomic mass is 10.0. The summed E-state index contributed by atoms with van der Waals surface area (Å²) in [7, 11) is 0. The molecule has 1 aromatic rings. The summed E-state index contributed by atoms with van der Waals surface area (Å²) in [6.45, 7) is 0. The van der Waals surface area contributed by atoms with Crippen molar-refractivity contribution in [2.75, 3.05) is 0 Å². The van der Waals surface area contributed by atoms with Crippen molar-refractivity contribution in [1.82, 2.24) is 5.32 Å². The second-order valence-electron chi connectivity index (χ2n) is 5.06. The zero-order valence-electron chi connectivity index (χ0n) is 11.1. The Morgan fingerprint density at radius 2 is 1.95 bits per heavy atom. The summed E-state index contributed by atoms with van der Waals surface area (Å²) >= 11 is 4.93. The molecule has 2 rings (SSSR count). The average Bonchev–Trinajstić information content (AvgIpc) is 2.86.